The SMILES string of the molecule is CCc1ccc(C(=O)c2ccc(C(c3ccc(C(C)(C)C)cc3)c3ccc(C(c4ccc(C)cc4)c4ccc(C(c5ccccc5)c5ccc(C)[nH]5)[nH]4)[nH]3)[nH]2)cc1. The normalized spacial score (nSPS) is 13.4. The van der Waals surface area contributed by atoms with Gasteiger partial charge in [-0.2, -0.15) is 0 Å². The Balaban J connectivity index is 1.20. The predicted octanol–water partition coefficient (Wildman–Crippen LogP) is 12.2. The van der Waals surface area contributed by atoms with E-state index in [0.717, 1.165) is 51.8 Å². The van der Waals surface area contributed by atoms with Gasteiger partial charge in [0, 0.05) is 45.4 Å². The van der Waals surface area contributed by atoms with Crippen molar-refractivity contribution >= 4 is 5.78 Å². The van der Waals surface area contributed by atoms with Crippen LogP contribution in [0.3, 0.4) is 0 Å². The molecule has 0 aliphatic carbocycles. The highest BCUT2D eigenvalue weighted by Crippen LogP contribution is 2.39. The summed E-state index contributed by atoms with van der Waals surface area (Å²) in [5.41, 5.74) is 16.2. The first kappa shape index (κ1) is 37.6. The monoisotopic (exact) mass is 748 g/mol. The summed E-state index contributed by atoms with van der Waals surface area (Å²) in [5, 5.41) is 0. The first-order valence-corrected chi connectivity index (χ1v) is 20.1. The Labute approximate surface area is 336 Å². The molecule has 57 heavy (non-hydrogen) atoms. The van der Waals surface area contributed by atoms with Crippen molar-refractivity contribution < 1.29 is 4.79 Å². The second-order valence-electron chi connectivity index (χ2n) is 16.5. The molecule has 286 valence electrons. The van der Waals surface area contributed by atoms with Crippen molar-refractivity contribution in [2.45, 2.75) is 71.1 Å². The number of rotatable bonds is 12. The topological polar surface area (TPSA) is 80.2 Å². The van der Waals surface area contributed by atoms with Crippen molar-refractivity contribution in [3.05, 3.63) is 236 Å². The van der Waals surface area contributed by atoms with Crippen LogP contribution in [0.2, 0.25) is 0 Å². The molecule has 4 aromatic carbocycles. The quantitative estimate of drug-likeness (QED) is 0.0922. The fourth-order valence-corrected chi connectivity index (χ4v) is 8.15. The first-order chi connectivity index (χ1) is 27.6. The van der Waals surface area contributed by atoms with E-state index in [0.29, 0.717) is 11.3 Å². The zero-order valence-corrected chi connectivity index (χ0v) is 33.8. The molecule has 0 amide bonds. The molecule has 8 aromatic rings. The third-order valence-electron chi connectivity index (χ3n) is 11.4. The second kappa shape index (κ2) is 15.7. The summed E-state index contributed by atoms with van der Waals surface area (Å²) in [5.74, 6) is -0.219. The fraction of sp³-hybridized carbons (Fsp3) is 0.212. The van der Waals surface area contributed by atoms with Crippen LogP contribution in [0.25, 0.3) is 0 Å². The number of aryl methyl sites for hydroxylation is 3. The van der Waals surface area contributed by atoms with E-state index < -0.39 is 0 Å². The minimum Gasteiger partial charge on any atom is -0.362 e. The van der Waals surface area contributed by atoms with E-state index in [-0.39, 0.29) is 29.0 Å². The smallest absolute Gasteiger partial charge is 0.209 e. The number of aromatic nitrogens is 4. The molecule has 8 rings (SSSR count). The number of hydrogen-bond acceptors (Lipinski definition) is 1. The van der Waals surface area contributed by atoms with Crippen LogP contribution in [-0.2, 0) is 11.8 Å². The maximum absolute atomic E-state index is 13.7. The van der Waals surface area contributed by atoms with Gasteiger partial charge in [0.25, 0.3) is 0 Å². The number of ketones is 1. The lowest BCUT2D eigenvalue weighted by Gasteiger charge is -2.22. The van der Waals surface area contributed by atoms with E-state index in [9.17, 15) is 4.79 Å². The molecule has 0 radical (unpaired) electrons. The van der Waals surface area contributed by atoms with Gasteiger partial charge in [0.1, 0.15) is 0 Å². The molecule has 4 heterocycles. The molecule has 0 aliphatic rings. The molecule has 4 N–H and O–H groups in total. The lowest BCUT2D eigenvalue weighted by Crippen LogP contribution is -2.12. The lowest BCUT2D eigenvalue weighted by molar-refractivity contribution is 0.103. The van der Waals surface area contributed by atoms with Gasteiger partial charge in [-0.25, -0.2) is 0 Å². The van der Waals surface area contributed by atoms with E-state index in [4.69, 9.17) is 0 Å². The number of carbonyl (C=O) groups excluding carboxylic acids is 1. The molecule has 5 nitrogen and oxygen atoms in total. The van der Waals surface area contributed by atoms with Crippen LogP contribution in [0.15, 0.2) is 152 Å². The largest absolute Gasteiger partial charge is 0.362 e. The second-order valence-corrected chi connectivity index (χ2v) is 16.5. The summed E-state index contributed by atoms with van der Waals surface area (Å²) in [7, 11) is 0. The molecule has 0 spiro atoms. The van der Waals surface area contributed by atoms with E-state index in [1.165, 1.54) is 27.8 Å². The average Bonchev–Trinajstić information content (AvgIpc) is 4.06. The molecule has 0 aliphatic heterocycles. The van der Waals surface area contributed by atoms with Gasteiger partial charge in [0.05, 0.1) is 23.4 Å². The molecule has 0 saturated heterocycles. The zero-order valence-electron chi connectivity index (χ0n) is 33.8. The molecule has 0 fully saturated rings. The van der Waals surface area contributed by atoms with E-state index in [1.807, 2.05) is 30.3 Å². The van der Waals surface area contributed by atoms with E-state index in [1.54, 1.807) is 0 Å². The van der Waals surface area contributed by atoms with Crippen LogP contribution in [0.1, 0.15) is 135 Å². The Kier molecular flexibility index (Phi) is 10.3. The predicted molar refractivity (Wildman–Crippen MR) is 233 cm³/mol. The molecule has 0 saturated carbocycles. The Morgan fingerprint density at radius 3 is 1.44 bits per heavy atom. The zero-order chi connectivity index (χ0) is 39.7. The van der Waals surface area contributed by atoms with Gasteiger partial charge in [0.15, 0.2) is 0 Å². The van der Waals surface area contributed by atoms with Crippen molar-refractivity contribution in [3.63, 3.8) is 0 Å². The van der Waals surface area contributed by atoms with Gasteiger partial charge in [-0.3, -0.25) is 4.79 Å². The van der Waals surface area contributed by atoms with E-state index in [2.05, 4.69) is 183 Å². The molecule has 3 unspecified atom stereocenters. The van der Waals surface area contributed by atoms with Crippen LogP contribution in [0, 0.1) is 13.8 Å². The van der Waals surface area contributed by atoms with Crippen LogP contribution >= 0.6 is 0 Å². The third kappa shape index (κ3) is 7.88. The van der Waals surface area contributed by atoms with Crippen LogP contribution in [-0.4, -0.2) is 25.7 Å². The van der Waals surface area contributed by atoms with Crippen molar-refractivity contribution in [1.82, 2.24) is 19.9 Å². The number of nitrogens with one attached hydrogen (secondary N) is 4. The van der Waals surface area contributed by atoms with Gasteiger partial charge < -0.3 is 19.9 Å². The Morgan fingerprint density at radius 2 is 0.947 bits per heavy atom. The molecule has 5 heteroatoms. The van der Waals surface area contributed by atoms with Gasteiger partial charge >= 0.3 is 0 Å². The molecular weight excluding hydrogens is 697 g/mol. The number of H-pyrrole nitrogens is 4. The Bertz CT molecular complexity index is 2570. The molecular formula is C52H52N4O. The Morgan fingerprint density at radius 1 is 0.491 bits per heavy atom. The standard InChI is InChI=1S/C52H52N4O/c1-7-35-16-20-39(21-17-35)51(57)47-32-31-46(56-47)50(38-22-24-40(25-23-38)52(4,5)6)45-30-29-44(55-45)49(37-18-13-33(2)14-19-37)43-28-27-42(54-43)48(36-11-9-8-10-12-36)41-26-15-34(3)53-41/h8-32,48-50,53-56H,7H2,1-6H3. The number of aromatic amines is 4. The highest BCUT2D eigenvalue weighted by molar-refractivity contribution is 6.07. The third-order valence-corrected chi connectivity index (χ3v) is 11.4. The van der Waals surface area contributed by atoms with Gasteiger partial charge in [-0.15, -0.1) is 0 Å². The Hall–Kier alpha value is -6.33. The van der Waals surface area contributed by atoms with Crippen LogP contribution < -0.4 is 0 Å². The highest BCUT2D eigenvalue weighted by atomic mass is 16.1. The summed E-state index contributed by atoms with van der Waals surface area (Å²) in [4.78, 5) is 28.7. The summed E-state index contributed by atoms with van der Waals surface area (Å²) in [6.07, 6.45) is 0.937. The maximum Gasteiger partial charge on any atom is 0.209 e. The summed E-state index contributed by atoms with van der Waals surface area (Å²) < 4.78 is 0. The number of carbonyl (C=O) groups is 1. The molecule has 3 atom stereocenters. The van der Waals surface area contributed by atoms with Crippen LogP contribution in [0.4, 0.5) is 0 Å². The summed E-state index contributed by atoms with van der Waals surface area (Å²) in [6, 6.07) is 53.7. The summed E-state index contributed by atoms with van der Waals surface area (Å²) in [6.45, 7) is 13.1. The van der Waals surface area contributed by atoms with Gasteiger partial charge in [-0.1, -0.05) is 136 Å². The molecule has 4 aromatic heterocycles. The maximum atomic E-state index is 13.7. The van der Waals surface area contributed by atoms with Crippen molar-refractivity contribution in [3.8, 4) is 0 Å². The minimum atomic E-state index is -0.159. The van der Waals surface area contributed by atoms with E-state index >= 15 is 0 Å². The average molecular weight is 749 g/mol. The van der Waals surface area contributed by atoms with Gasteiger partial charge in [-0.05, 0) is 102 Å². The fourth-order valence-electron chi connectivity index (χ4n) is 8.15. The highest BCUT2D eigenvalue weighted by Gasteiger charge is 2.28. The van der Waals surface area contributed by atoms with Gasteiger partial charge in [0.2, 0.25) is 5.78 Å². The van der Waals surface area contributed by atoms with Crippen molar-refractivity contribution in [1.29, 1.82) is 0 Å². The number of hydrogen-bond donors (Lipinski definition) is 4. The first-order valence-electron chi connectivity index (χ1n) is 20.1. The molecule has 0 bridgehead atoms. The van der Waals surface area contributed by atoms with Crippen molar-refractivity contribution in [2.75, 3.05) is 0 Å². The summed E-state index contributed by atoms with van der Waals surface area (Å²) >= 11 is 0. The van der Waals surface area contributed by atoms with Crippen LogP contribution in [0.5, 0.6) is 0 Å². The lowest BCUT2D eigenvalue weighted by atomic mass is 9.84. The van der Waals surface area contributed by atoms with Crippen molar-refractivity contribution in [2.24, 2.45) is 0 Å². The number of benzene rings is 4. The minimum absolute atomic E-state index is 0.0109.